The van der Waals surface area contributed by atoms with E-state index in [1.165, 1.54) is 0 Å². The van der Waals surface area contributed by atoms with Crippen molar-refractivity contribution >= 4 is 52.3 Å². The Balaban J connectivity index is 1.65. The van der Waals surface area contributed by atoms with Crippen LogP contribution in [0, 0.1) is 17.3 Å². The predicted octanol–water partition coefficient (Wildman–Crippen LogP) is 8.49. The van der Waals surface area contributed by atoms with Crippen LogP contribution in [-0.4, -0.2) is 104 Å². The number of hydrogen-bond acceptors (Lipinski definition) is 9. The van der Waals surface area contributed by atoms with Crippen LogP contribution >= 0.6 is 11.3 Å². The molecule has 1 aliphatic rings. The van der Waals surface area contributed by atoms with Crippen LogP contribution in [0.5, 0.6) is 0 Å². The Hall–Kier alpha value is -2.64. The van der Waals surface area contributed by atoms with Crippen LogP contribution in [0.3, 0.4) is 0 Å². The molecule has 0 atom stereocenters. The van der Waals surface area contributed by atoms with Gasteiger partial charge in [-0.25, -0.2) is 9.59 Å². The second-order valence-corrected chi connectivity index (χ2v) is 31.0. The Bertz CT molecular complexity index is 1590. The number of amides is 2. The van der Waals surface area contributed by atoms with Crippen LogP contribution in [0.15, 0.2) is 30.3 Å². The van der Waals surface area contributed by atoms with Gasteiger partial charge in [-0.2, -0.15) is 0 Å². The second-order valence-electron chi connectivity index (χ2n) is 18.6. The van der Waals surface area contributed by atoms with Crippen molar-refractivity contribution in [1.29, 1.82) is 0 Å². The van der Waals surface area contributed by atoms with E-state index in [-0.39, 0.29) is 11.5 Å². The Kier molecular flexibility index (Phi) is 17.1. The van der Waals surface area contributed by atoms with E-state index in [0.29, 0.717) is 59.3 Å². The summed E-state index contributed by atoms with van der Waals surface area (Å²) in [6.45, 7) is 31.4. The first-order valence-electron chi connectivity index (χ1n) is 19.5. The molecule has 1 aliphatic heterocycles. The molecule has 1 aromatic heterocycles. The van der Waals surface area contributed by atoms with Gasteiger partial charge in [0.2, 0.25) is 0 Å². The average molecular weight is 815 g/mol. The summed E-state index contributed by atoms with van der Waals surface area (Å²) in [6, 6.07) is 12.2. The monoisotopic (exact) mass is 814 g/mol. The minimum Gasteiger partial charge on any atom is -0.450 e. The van der Waals surface area contributed by atoms with Gasteiger partial charge in [0.05, 0.1) is 62.3 Å². The topological polar surface area (TPSA) is 105 Å². The van der Waals surface area contributed by atoms with Crippen molar-refractivity contribution in [3.05, 3.63) is 40.1 Å². The molecule has 3 rings (SSSR count). The van der Waals surface area contributed by atoms with Crippen molar-refractivity contribution in [3.63, 3.8) is 0 Å². The third-order valence-electron chi connectivity index (χ3n) is 9.24. The fourth-order valence-electron chi connectivity index (χ4n) is 5.05. The van der Waals surface area contributed by atoms with Crippen molar-refractivity contribution in [3.8, 4) is 23.0 Å². The maximum absolute atomic E-state index is 13.5. The summed E-state index contributed by atoms with van der Waals surface area (Å²) in [5.41, 5.74) is 2.00. The maximum Gasteiger partial charge on any atom is 0.494 e. The molecule has 0 bridgehead atoms. The minimum absolute atomic E-state index is 0.176. The Morgan fingerprint density at radius 2 is 1.40 bits per heavy atom. The minimum atomic E-state index is -1.39. The van der Waals surface area contributed by atoms with Gasteiger partial charge in [0, 0.05) is 45.1 Å². The molecule has 1 aromatic carbocycles. The van der Waals surface area contributed by atoms with Gasteiger partial charge in [-0.15, -0.1) is 11.3 Å². The Morgan fingerprint density at radius 3 is 1.96 bits per heavy atom. The summed E-state index contributed by atoms with van der Waals surface area (Å²) in [7, 11) is -3.08. The first-order valence-corrected chi connectivity index (χ1v) is 27.8. The maximum atomic E-state index is 13.5. The number of ether oxygens (including phenoxy) is 4. The highest BCUT2D eigenvalue weighted by atomic mass is 32.1. The van der Waals surface area contributed by atoms with Crippen LogP contribution in [0.2, 0.25) is 51.4 Å². The predicted molar refractivity (Wildman–Crippen MR) is 231 cm³/mol. The van der Waals surface area contributed by atoms with Crippen molar-refractivity contribution in [2.24, 2.45) is 5.41 Å². The van der Waals surface area contributed by atoms with Crippen LogP contribution in [0.4, 0.5) is 9.59 Å². The molecule has 0 saturated carbocycles. The van der Waals surface area contributed by atoms with Crippen LogP contribution in [0.25, 0.3) is 11.1 Å². The fraction of sp³-hybridized carbons (Fsp3) is 0.659. The second kappa shape index (κ2) is 20.2. The molecule has 0 spiro atoms. The summed E-state index contributed by atoms with van der Waals surface area (Å²) in [5.74, 6) is 6.84. The van der Waals surface area contributed by atoms with Crippen LogP contribution in [0.1, 0.15) is 58.2 Å². The van der Waals surface area contributed by atoms with E-state index < -0.39 is 40.6 Å². The number of nitrogens with one attached hydrogen (secondary N) is 1. The van der Waals surface area contributed by atoms with Crippen molar-refractivity contribution < 1.29 is 37.8 Å². The smallest absolute Gasteiger partial charge is 0.450 e. The summed E-state index contributed by atoms with van der Waals surface area (Å²) in [5, 5.41) is 2.71. The van der Waals surface area contributed by atoms with Gasteiger partial charge < -0.3 is 38.5 Å². The zero-order valence-corrected chi connectivity index (χ0v) is 38.7. The molecular weight excluding hydrogens is 748 g/mol. The first kappa shape index (κ1) is 46.7. The number of benzene rings is 1. The SMILES string of the molecule is CC(C)(C)C#Cc1sc(CN(CCOCCOCCNC(=O)OCC[Si](C)(C)C)C(=O)OCC[Si](C)(C)C)cc1-c1ccc(B2OC(C)(C)C(C)(C)O2)cc1. The van der Waals surface area contributed by atoms with Gasteiger partial charge >= 0.3 is 19.3 Å². The average Bonchev–Trinajstić information content (AvgIpc) is 3.56. The van der Waals surface area contributed by atoms with Crippen molar-refractivity contribution in [2.75, 3.05) is 52.7 Å². The molecular formula is C41H67BN2O8SSi2. The number of thiophene rings is 1. The highest BCUT2D eigenvalue weighted by molar-refractivity contribution is 7.13. The number of alkyl carbamates (subject to hydrolysis) is 1. The van der Waals surface area contributed by atoms with Gasteiger partial charge in [-0.05, 0) is 77.6 Å². The number of carbonyl (C=O) groups is 2. The van der Waals surface area contributed by atoms with E-state index in [1.54, 1.807) is 16.2 Å². The van der Waals surface area contributed by atoms with Gasteiger partial charge in [0.1, 0.15) is 0 Å². The third kappa shape index (κ3) is 16.8. The zero-order valence-electron chi connectivity index (χ0n) is 35.9. The summed E-state index contributed by atoms with van der Waals surface area (Å²) in [6.07, 6.45) is -0.776. The quantitative estimate of drug-likeness (QED) is 0.0856. The Labute approximate surface area is 337 Å². The third-order valence-corrected chi connectivity index (χ3v) is 13.7. The molecule has 10 nitrogen and oxygen atoms in total. The molecule has 0 aliphatic carbocycles. The van der Waals surface area contributed by atoms with Crippen LogP contribution in [-0.2, 0) is 34.8 Å². The summed E-state index contributed by atoms with van der Waals surface area (Å²) in [4.78, 5) is 29.0. The normalized spacial score (nSPS) is 15.3. The number of rotatable bonds is 19. The molecule has 306 valence electrons. The van der Waals surface area contributed by atoms with Gasteiger partial charge in [-0.3, -0.25) is 0 Å². The molecule has 14 heteroatoms. The van der Waals surface area contributed by atoms with E-state index in [1.807, 2.05) is 0 Å². The van der Waals surface area contributed by atoms with Crippen molar-refractivity contribution in [1.82, 2.24) is 10.2 Å². The molecule has 2 heterocycles. The largest absolute Gasteiger partial charge is 0.494 e. The molecule has 0 radical (unpaired) electrons. The number of hydrogen-bond donors (Lipinski definition) is 1. The molecule has 55 heavy (non-hydrogen) atoms. The standard InChI is InChI=1S/C41H67BN2O8SSi2/c1-39(2,3)19-18-36-35(32-14-16-33(17-15-32)42-51-40(4,5)41(6,7)52-42)30-34(53-36)31-44(38(46)50-27-29-55(11,12)13)21-23-48-25-24-47-22-20-43-37(45)49-26-28-54(8,9)10/h14-17,30H,20-29,31H2,1-13H3,(H,43,45). The lowest BCUT2D eigenvalue weighted by Gasteiger charge is -2.32. The van der Waals surface area contributed by atoms with E-state index >= 15 is 0 Å². The van der Waals surface area contributed by atoms with Crippen LogP contribution < -0.4 is 10.8 Å². The van der Waals surface area contributed by atoms with Crippen molar-refractivity contribution in [2.45, 2.75) is 118 Å². The molecule has 1 fully saturated rings. The number of nitrogens with zero attached hydrogens (tertiary/aromatic N) is 1. The lowest BCUT2D eigenvalue weighted by atomic mass is 9.78. The highest BCUT2D eigenvalue weighted by Gasteiger charge is 2.51. The fourth-order valence-corrected chi connectivity index (χ4v) is 7.53. The van der Waals surface area contributed by atoms with Gasteiger partial charge in [0.25, 0.3) is 0 Å². The zero-order chi connectivity index (χ0) is 41.1. The summed E-state index contributed by atoms with van der Waals surface area (Å²) < 4.78 is 35.1. The van der Waals surface area contributed by atoms with E-state index in [9.17, 15) is 9.59 Å². The van der Waals surface area contributed by atoms with Gasteiger partial charge in [0.15, 0.2) is 0 Å². The molecule has 1 saturated heterocycles. The summed E-state index contributed by atoms with van der Waals surface area (Å²) >= 11 is 1.60. The Morgan fingerprint density at radius 1 is 0.836 bits per heavy atom. The lowest BCUT2D eigenvalue weighted by Crippen LogP contribution is -2.41. The molecule has 2 amide bonds. The van der Waals surface area contributed by atoms with E-state index in [4.69, 9.17) is 28.3 Å². The first-order chi connectivity index (χ1) is 25.4. The van der Waals surface area contributed by atoms with Gasteiger partial charge in [-0.1, -0.05) is 75.4 Å². The molecule has 2 aromatic rings. The van der Waals surface area contributed by atoms with E-state index in [0.717, 1.165) is 38.4 Å². The molecule has 1 N–H and O–H groups in total. The number of carbonyl (C=O) groups excluding carboxylic acids is 2. The highest BCUT2D eigenvalue weighted by Crippen LogP contribution is 2.37. The van der Waals surface area contributed by atoms with E-state index in [2.05, 4.69) is 135 Å². The molecule has 0 unspecified atom stereocenters. The lowest BCUT2D eigenvalue weighted by molar-refractivity contribution is 0.00578.